The second-order valence-electron chi connectivity index (χ2n) is 4.03. The normalized spacial score (nSPS) is 10.3. The van der Waals surface area contributed by atoms with E-state index in [9.17, 15) is 4.79 Å². The third-order valence-electron chi connectivity index (χ3n) is 2.54. The zero-order valence-corrected chi connectivity index (χ0v) is 11.3. The van der Waals surface area contributed by atoms with Crippen molar-refractivity contribution in [3.63, 3.8) is 0 Å². The Hall–Kier alpha value is -1.68. The lowest BCUT2D eigenvalue weighted by Crippen LogP contribution is -2.05. The molecule has 0 spiro atoms. The highest BCUT2D eigenvalue weighted by molar-refractivity contribution is 7.09. The first-order chi connectivity index (χ1) is 8.69. The molecular weight excluding hydrogens is 246 g/mol. The molecule has 94 valence electrons. The van der Waals surface area contributed by atoms with E-state index in [4.69, 9.17) is 4.74 Å². The Morgan fingerprint density at radius 3 is 2.67 bits per heavy atom. The van der Waals surface area contributed by atoms with Crippen molar-refractivity contribution in [3.05, 3.63) is 51.5 Å². The molecule has 0 radical (unpaired) electrons. The third kappa shape index (κ3) is 3.17. The molecule has 0 saturated carbocycles. The summed E-state index contributed by atoms with van der Waals surface area (Å²) in [6.45, 7) is 4.28. The van der Waals surface area contributed by atoms with E-state index in [1.54, 1.807) is 23.5 Å². The number of hydrogen-bond donors (Lipinski definition) is 0. The van der Waals surface area contributed by atoms with Crippen LogP contribution in [0.15, 0.2) is 29.6 Å². The van der Waals surface area contributed by atoms with E-state index >= 15 is 0 Å². The molecule has 0 aliphatic rings. The molecule has 2 aromatic rings. The summed E-state index contributed by atoms with van der Waals surface area (Å²) < 4.78 is 5.22. The zero-order valence-electron chi connectivity index (χ0n) is 10.5. The Balaban J connectivity index is 1.93. The number of rotatable bonds is 4. The zero-order chi connectivity index (χ0) is 13.0. The van der Waals surface area contributed by atoms with Crippen molar-refractivity contribution in [2.24, 2.45) is 0 Å². The fourth-order valence-corrected chi connectivity index (χ4v) is 2.22. The summed E-state index contributed by atoms with van der Waals surface area (Å²) in [5.41, 5.74) is 2.52. The topological polar surface area (TPSA) is 39.2 Å². The molecule has 0 atom stereocenters. The monoisotopic (exact) mass is 261 g/mol. The van der Waals surface area contributed by atoms with E-state index in [0.29, 0.717) is 5.56 Å². The van der Waals surface area contributed by atoms with Crippen molar-refractivity contribution in [1.82, 2.24) is 4.98 Å². The number of benzene rings is 1. The Labute approximate surface area is 110 Å². The number of ether oxygens (including phenoxy) is 1. The number of carbonyl (C=O) groups is 1. The van der Waals surface area contributed by atoms with Crippen LogP contribution in [0.1, 0.15) is 33.5 Å². The number of aromatic nitrogens is 1. The van der Waals surface area contributed by atoms with Gasteiger partial charge < -0.3 is 4.74 Å². The van der Waals surface area contributed by atoms with Gasteiger partial charge >= 0.3 is 5.97 Å². The molecule has 0 aliphatic heterocycles. The Kier molecular flexibility index (Phi) is 4.10. The van der Waals surface area contributed by atoms with E-state index in [-0.39, 0.29) is 12.6 Å². The van der Waals surface area contributed by atoms with Crippen LogP contribution in [0.5, 0.6) is 0 Å². The summed E-state index contributed by atoms with van der Waals surface area (Å²) in [5, 5.41) is 3.00. The van der Waals surface area contributed by atoms with E-state index in [1.807, 2.05) is 24.4 Å². The SMILES string of the molecule is CCc1nc(COC(=O)c2ccc(C)cc2)cs1. The van der Waals surface area contributed by atoms with E-state index < -0.39 is 0 Å². The second-order valence-corrected chi connectivity index (χ2v) is 4.97. The van der Waals surface area contributed by atoms with Crippen molar-refractivity contribution in [2.45, 2.75) is 26.9 Å². The molecular formula is C14H15NO2S. The van der Waals surface area contributed by atoms with Crippen LogP contribution >= 0.6 is 11.3 Å². The van der Waals surface area contributed by atoms with Crippen LogP contribution in [0.25, 0.3) is 0 Å². The van der Waals surface area contributed by atoms with Gasteiger partial charge in [0.1, 0.15) is 6.61 Å². The van der Waals surface area contributed by atoms with Gasteiger partial charge in [-0.25, -0.2) is 9.78 Å². The number of hydrogen-bond acceptors (Lipinski definition) is 4. The number of nitrogens with zero attached hydrogens (tertiary/aromatic N) is 1. The summed E-state index contributed by atoms with van der Waals surface area (Å²) in [5.74, 6) is -0.305. The first kappa shape index (κ1) is 12.8. The first-order valence-electron chi connectivity index (χ1n) is 5.86. The van der Waals surface area contributed by atoms with Gasteiger partial charge in [0, 0.05) is 5.38 Å². The van der Waals surface area contributed by atoms with Gasteiger partial charge in [-0.1, -0.05) is 24.6 Å². The quantitative estimate of drug-likeness (QED) is 0.792. The summed E-state index contributed by atoms with van der Waals surface area (Å²) in [6.07, 6.45) is 0.913. The van der Waals surface area contributed by atoms with Crippen LogP contribution < -0.4 is 0 Å². The minimum absolute atomic E-state index is 0.239. The van der Waals surface area contributed by atoms with Crippen LogP contribution in [0.2, 0.25) is 0 Å². The molecule has 0 fully saturated rings. The lowest BCUT2D eigenvalue weighted by atomic mass is 10.1. The minimum Gasteiger partial charge on any atom is -0.456 e. The largest absolute Gasteiger partial charge is 0.456 e. The summed E-state index contributed by atoms with van der Waals surface area (Å²) in [4.78, 5) is 16.1. The maximum absolute atomic E-state index is 11.8. The second kappa shape index (κ2) is 5.78. The highest BCUT2D eigenvalue weighted by Gasteiger charge is 2.08. The van der Waals surface area contributed by atoms with Gasteiger partial charge in [0.05, 0.1) is 16.3 Å². The molecule has 1 heterocycles. The predicted molar refractivity (Wildman–Crippen MR) is 71.8 cm³/mol. The number of aryl methyl sites for hydroxylation is 2. The van der Waals surface area contributed by atoms with E-state index in [1.165, 1.54) is 0 Å². The number of esters is 1. The molecule has 18 heavy (non-hydrogen) atoms. The highest BCUT2D eigenvalue weighted by atomic mass is 32.1. The lowest BCUT2D eigenvalue weighted by Gasteiger charge is -2.03. The maximum Gasteiger partial charge on any atom is 0.338 e. The Morgan fingerprint density at radius 2 is 2.06 bits per heavy atom. The van der Waals surface area contributed by atoms with Gasteiger partial charge in [0.15, 0.2) is 0 Å². The standard InChI is InChI=1S/C14H15NO2S/c1-3-13-15-12(9-18-13)8-17-14(16)11-6-4-10(2)5-7-11/h4-7,9H,3,8H2,1-2H3. The summed E-state index contributed by atoms with van der Waals surface area (Å²) >= 11 is 1.60. The molecule has 3 nitrogen and oxygen atoms in total. The van der Waals surface area contributed by atoms with Crippen molar-refractivity contribution < 1.29 is 9.53 Å². The first-order valence-corrected chi connectivity index (χ1v) is 6.74. The van der Waals surface area contributed by atoms with Crippen LogP contribution in [0, 0.1) is 6.92 Å². The van der Waals surface area contributed by atoms with E-state index in [0.717, 1.165) is 22.7 Å². The molecule has 0 saturated heterocycles. The average molecular weight is 261 g/mol. The highest BCUT2D eigenvalue weighted by Crippen LogP contribution is 2.12. The number of carbonyl (C=O) groups excluding carboxylic acids is 1. The maximum atomic E-state index is 11.8. The Bertz CT molecular complexity index is 531. The molecule has 0 aliphatic carbocycles. The minimum atomic E-state index is -0.305. The Morgan fingerprint density at radius 1 is 1.33 bits per heavy atom. The average Bonchev–Trinajstić information content (AvgIpc) is 2.85. The van der Waals surface area contributed by atoms with Gasteiger partial charge in [0.2, 0.25) is 0 Å². The molecule has 1 aromatic heterocycles. The van der Waals surface area contributed by atoms with Gasteiger partial charge in [-0.3, -0.25) is 0 Å². The molecule has 1 aromatic carbocycles. The van der Waals surface area contributed by atoms with Crippen molar-refractivity contribution >= 4 is 17.3 Å². The van der Waals surface area contributed by atoms with Gasteiger partial charge in [0.25, 0.3) is 0 Å². The molecule has 2 rings (SSSR count). The molecule has 0 bridgehead atoms. The fraction of sp³-hybridized carbons (Fsp3) is 0.286. The van der Waals surface area contributed by atoms with Gasteiger partial charge in [-0.05, 0) is 25.5 Å². The van der Waals surface area contributed by atoms with E-state index in [2.05, 4.69) is 11.9 Å². The van der Waals surface area contributed by atoms with Crippen LogP contribution in [-0.4, -0.2) is 11.0 Å². The van der Waals surface area contributed by atoms with Crippen molar-refractivity contribution in [1.29, 1.82) is 0 Å². The number of thiazole rings is 1. The van der Waals surface area contributed by atoms with Crippen molar-refractivity contribution in [3.8, 4) is 0 Å². The molecule has 0 amide bonds. The molecule has 0 N–H and O–H groups in total. The van der Waals surface area contributed by atoms with Crippen LogP contribution in [-0.2, 0) is 17.8 Å². The predicted octanol–water partition coefficient (Wildman–Crippen LogP) is 3.37. The smallest absolute Gasteiger partial charge is 0.338 e. The molecule has 4 heteroatoms. The van der Waals surface area contributed by atoms with Gasteiger partial charge in [-0.15, -0.1) is 11.3 Å². The fourth-order valence-electron chi connectivity index (χ4n) is 1.49. The summed E-state index contributed by atoms with van der Waals surface area (Å²) in [6, 6.07) is 7.34. The van der Waals surface area contributed by atoms with Crippen molar-refractivity contribution in [2.75, 3.05) is 0 Å². The summed E-state index contributed by atoms with van der Waals surface area (Å²) in [7, 11) is 0. The lowest BCUT2D eigenvalue weighted by molar-refractivity contribution is 0.0468. The third-order valence-corrected chi connectivity index (χ3v) is 3.58. The van der Waals surface area contributed by atoms with Crippen LogP contribution in [0.4, 0.5) is 0 Å². The van der Waals surface area contributed by atoms with Crippen LogP contribution in [0.3, 0.4) is 0 Å². The van der Waals surface area contributed by atoms with Gasteiger partial charge in [-0.2, -0.15) is 0 Å². The molecule has 0 unspecified atom stereocenters.